The Labute approximate surface area is 135 Å². The second-order valence-corrected chi connectivity index (χ2v) is 5.71. The van der Waals surface area contributed by atoms with Crippen LogP contribution in [0, 0.1) is 0 Å². The second-order valence-electron chi connectivity index (χ2n) is 5.71. The first-order valence-corrected chi connectivity index (χ1v) is 7.74. The maximum Gasteiger partial charge on any atom is 0.339 e. The molecule has 1 aliphatic rings. The van der Waals surface area contributed by atoms with Gasteiger partial charge in [0.15, 0.2) is 0 Å². The Kier molecular flexibility index (Phi) is 3.43. The number of ether oxygens (including phenoxy) is 1. The summed E-state index contributed by atoms with van der Waals surface area (Å²) < 4.78 is 5.76. The van der Waals surface area contributed by atoms with Crippen LogP contribution in [0.4, 0.5) is 0 Å². The molecule has 0 spiro atoms. The normalized spacial score (nSPS) is 16.2. The minimum Gasteiger partial charge on any atom is -0.453 e. The highest BCUT2D eigenvalue weighted by atomic mass is 16.5. The van der Waals surface area contributed by atoms with Gasteiger partial charge < -0.3 is 4.74 Å². The molecule has 0 aromatic heterocycles. The molecular weight excluding hydrogens is 284 g/mol. The van der Waals surface area contributed by atoms with Crippen molar-refractivity contribution < 1.29 is 9.53 Å². The summed E-state index contributed by atoms with van der Waals surface area (Å²) in [4.78, 5) is 12.2. The molecule has 0 saturated carbocycles. The van der Waals surface area contributed by atoms with Crippen LogP contribution < -0.4 is 0 Å². The largest absolute Gasteiger partial charge is 0.453 e. The minimum atomic E-state index is -0.288. The van der Waals surface area contributed by atoms with Crippen molar-refractivity contribution in [3.05, 3.63) is 107 Å². The summed E-state index contributed by atoms with van der Waals surface area (Å²) in [5.74, 6) is -0.243. The molecule has 0 radical (unpaired) electrons. The molecule has 0 amide bonds. The predicted molar refractivity (Wildman–Crippen MR) is 89.3 cm³/mol. The number of benzene rings is 3. The number of cyclic esters (lactones) is 1. The van der Waals surface area contributed by atoms with E-state index in [1.54, 1.807) is 0 Å². The fraction of sp³-hybridized carbons (Fsp3) is 0.0952. The van der Waals surface area contributed by atoms with E-state index in [0.29, 0.717) is 5.56 Å². The van der Waals surface area contributed by atoms with Gasteiger partial charge in [-0.2, -0.15) is 0 Å². The Balaban J connectivity index is 1.86. The van der Waals surface area contributed by atoms with Gasteiger partial charge in [0.25, 0.3) is 0 Å². The number of esters is 1. The zero-order valence-corrected chi connectivity index (χ0v) is 12.6. The van der Waals surface area contributed by atoms with Crippen LogP contribution in [0.1, 0.15) is 39.1 Å². The summed E-state index contributed by atoms with van der Waals surface area (Å²) in [6.45, 7) is 0. The van der Waals surface area contributed by atoms with Gasteiger partial charge in [0.2, 0.25) is 0 Å². The zero-order chi connectivity index (χ0) is 15.6. The molecule has 1 aliphatic heterocycles. The Bertz CT molecular complexity index is 785. The van der Waals surface area contributed by atoms with Crippen molar-refractivity contribution in [3.8, 4) is 0 Å². The highest BCUT2D eigenvalue weighted by Gasteiger charge is 2.37. The molecule has 2 nitrogen and oxygen atoms in total. The van der Waals surface area contributed by atoms with Gasteiger partial charge in [-0.15, -0.1) is 0 Å². The second kappa shape index (κ2) is 5.73. The fourth-order valence-corrected chi connectivity index (χ4v) is 3.28. The van der Waals surface area contributed by atoms with E-state index in [9.17, 15) is 4.79 Å². The maximum atomic E-state index is 12.2. The monoisotopic (exact) mass is 300 g/mol. The lowest BCUT2D eigenvalue weighted by Crippen LogP contribution is -2.13. The highest BCUT2D eigenvalue weighted by molar-refractivity contribution is 5.94. The van der Waals surface area contributed by atoms with E-state index in [0.717, 1.165) is 16.7 Å². The summed E-state index contributed by atoms with van der Waals surface area (Å²) in [5.41, 5.74) is 3.94. The van der Waals surface area contributed by atoms with Gasteiger partial charge in [-0.1, -0.05) is 78.9 Å². The smallest absolute Gasteiger partial charge is 0.339 e. The third kappa shape index (κ3) is 2.42. The number of hydrogen-bond acceptors (Lipinski definition) is 2. The first kappa shape index (κ1) is 13.8. The lowest BCUT2D eigenvalue weighted by atomic mass is 9.83. The molecule has 2 heteroatoms. The van der Waals surface area contributed by atoms with E-state index >= 15 is 0 Å². The first-order chi connectivity index (χ1) is 11.3. The molecule has 1 atom stereocenters. The summed E-state index contributed by atoms with van der Waals surface area (Å²) in [6, 6.07) is 28.1. The van der Waals surface area contributed by atoms with Gasteiger partial charge in [0.1, 0.15) is 6.10 Å². The van der Waals surface area contributed by atoms with Crippen molar-refractivity contribution in [2.75, 3.05) is 0 Å². The van der Waals surface area contributed by atoms with Gasteiger partial charge in [0, 0.05) is 5.56 Å². The molecule has 23 heavy (non-hydrogen) atoms. The van der Waals surface area contributed by atoms with Crippen LogP contribution in [-0.4, -0.2) is 5.97 Å². The van der Waals surface area contributed by atoms with E-state index in [2.05, 4.69) is 24.3 Å². The molecule has 0 fully saturated rings. The number of fused-ring (bicyclic) bond motifs is 1. The first-order valence-electron chi connectivity index (χ1n) is 7.74. The van der Waals surface area contributed by atoms with Crippen molar-refractivity contribution in [1.29, 1.82) is 0 Å². The van der Waals surface area contributed by atoms with Crippen molar-refractivity contribution in [1.82, 2.24) is 0 Å². The van der Waals surface area contributed by atoms with Crippen molar-refractivity contribution in [3.63, 3.8) is 0 Å². The van der Waals surface area contributed by atoms with Crippen molar-refractivity contribution in [2.45, 2.75) is 12.0 Å². The van der Waals surface area contributed by atoms with Crippen LogP contribution in [0.15, 0.2) is 84.9 Å². The van der Waals surface area contributed by atoms with Gasteiger partial charge in [-0.25, -0.2) is 4.79 Å². The summed E-state index contributed by atoms with van der Waals surface area (Å²) >= 11 is 0. The quantitative estimate of drug-likeness (QED) is 0.654. The van der Waals surface area contributed by atoms with E-state index in [1.165, 1.54) is 0 Å². The average molecular weight is 300 g/mol. The van der Waals surface area contributed by atoms with Crippen LogP contribution in [-0.2, 0) is 4.74 Å². The lowest BCUT2D eigenvalue weighted by molar-refractivity contribution is 0.0352. The molecule has 4 rings (SSSR count). The van der Waals surface area contributed by atoms with Crippen LogP contribution in [0.2, 0.25) is 0 Å². The molecule has 3 aromatic rings. The van der Waals surface area contributed by atoms with Gasteiger partial charge in [0.05, 0.1) is 11.5 Å². The summed E-state index contributed by atoms with van der Waals surface area (Å²) in [6.07, 6.45) is -0.288. The Morgan fingerprint density at radius 1 is 0.696 bits per heavy atom. The number of carbonyl (C=O) groups is 1. The maximum absolute atomic E-state index is 12.2. The molecule has 0 aliphatic carbocycles. The highest BCUT2D eigenvalue weighted by Crippen LogP contribution is 2.44. The van der Waals surface area contributed by atoms with Crippen LogP contribution in [0.5, 0.6) is 0 Å². The van der Waals surface area contributed by atoms with Gasteiger partial charge in [-0.3, -0.25) is 0 Å². The van der Waals surface area contributed by atoms with E-state index < -0.39 is 0 Å². The summed E-state index contributed by atoms with van der Waals surface area (Å²) in [5, 5.41) is 0. The lowest BCUT2D eigenvalue weighted by Gasteiger charge is -2.24. The molecule has 1 unspecified atom stereocenters. The number of rotatable bonds is 3. The molecule has 0 bridgehead atoms. The SMILES string of the molecule is O=C1OC(C(c2ccccc2)c2ccccc2)c2ccccc21. The molecule has 1 heterocycles. The minimum absolute atomic E-state index is 0.00926. The fourth-order valence-electron chi connectivity index (χ4n) is 3.28. The molecule has 112 valence electrons. The Hall–Kier alpha value is -2.87. The summed E-state index contributed by atoms with van der Waals surface area (Å²) in [7, 11) is 0. The standard InChI is InChI=1S/C21H16O2/c22-21-18-14-8-7-13-17(18)20(23-21)19(15-9-3-1-4-10-15)16-11-5-2-6-12-16/h1-14,19-20H. The van der Waals surface area contributed by atoms with Crippen molar-refractivity contribution >= 4 is 5.97 Å². The molecule has 0 N–H and O–H groups in total. The van der Waals surface area contributed by atoms with Gasteiger partial charge in [-0.05, 0) is 17.2 Å². The van der Waals surface area contributed by atoms with Crippen LogP contribution in [0.3, 0.4) is 0 Å². The average Bonchev–Trinajstić information content (AvgIpc) is 2.94. The number of carbonyl (C=O) groups excluding carboxylic acids is 1. The third-order valence-corrected chi connectivity index (χ3v) is 4.34. The Morgan fingerprint density at radius 3 is 1.83 bits per heavy atom. The van der Waals surface area contributed by atoms with Crippen LogP contribution in [0.25, 0.3) is 0 Å². The molecule has 3 aromatic carbocycles. The third-order valence-electron chi connectivity index (χ3n) is 4.34. The molecule has 0 saturated heterocycles. The van der Waals surface area contributed by atoms with Gasteiger partial charge >= 0.3 is 5.97 Å². The number of hydrogen-bond donors (Lipinski definition) is 0. The van der Waals surface area contributed by atoms with Crippen molar-refractivity contribution in [2.24, 2.45) is 0 Å². The Morgan fingerprint density at radius 2 is 1.22 bits per heavy atom. The van der Waals surface area contributed by atoms with Crippen LogP contribution >= 0.6 is 0 Å². The molecular formula is C21H16O2. The van der Waals surface area contributed by atoms with E-state index in [1.807, 2.05) is 60.7 Å². The topological polar surface area (TPSA) is 26.3 Å². The zero-order valence-electron chi connectivity index (χ0n) is 12.6. The van der Waals surface area contributed by atoms with E-state index in [-0.39, 0.29) is 18.0 Å². The predicted octanol–water partition coefficient (Wildman–Crippen LogP) is 4.73. The van der Waals surface area contributed by atoms with E-state index in [4.69, 9.17) is 4.74 Å².